The number of hydrogen-bond acceptors (Lipinski definition) is 4. The number of carbonyl (C=O) groups is 1. The van der Waals surface area contributed by atoms with Crippen molar-refractivity contribution in [1.82, 2.24) is 0 Å². The molecule has 20 heavy (non-hydrogen) atoms. The summed E-state index contributed by atoms with van der Waals surface area (Å²) in [5, 5.41) is 0.287. The van der Waals surface area contributed by atoms with Crippen molar-refractivity contribution in [2.24, 2.45) is 0 Å². The maximum absolute atomic E-state index is 12.6. The number of rotatable bonds is 0. The van der Waals surface area contributed by atoms with Crippen molar-refractivity contribution in [3.05, 3.63) is 24.3 Å². The van der Waals surface area contributed by atoms with Crippen LogP contribution in [0.3, 0.4) is 0 Å². The van der Waals surface area contributed by atoms with E-state index in [-0.39, 0.29) is 10.7 Å². The number of ether oxygens (including phenoxy) is 1. The summed E-state index contributed by atoms with van der Waals surface area (Å²) >= 11 is 3.64. The van der Waals surface area contributed by atoms with Crippen LogP contribution in [0.15, 0.2) is 34.1 Å². The molecule has 0 N–H and O–H groups in total. The highest BCUT2D eigenvalue weighted by Gasteiger charge is 2.50. The van der Waals surface area contributed by atoms with Gasteiger partial charge in [-0.15, -0.1) is 11.8 Å². The molecular weight excluding hydrogens is 288 g/mol. The number of Topliss-reactive ketones (excluding diaryl/α,β-unsaturated/α-hetero) is 1. The molecule has 0 aromatic heterocycles. The summed E-state index contributed by atoms with van der Waals surface area (Å²) in [7, 11) is 0. The largest absolute Gasteiger partial charge is 0.352 e. The van der Waals surface area contributed by atoms with Gasteiger partial charge in [0.15, 0.2) is 5.78 Å². The fourth-order valence-electron chi connectivity index (χ4n) is 3.48. The Labute approximate surface area is 128 Å². The third-order valence-corrected chi connectivity index (χ3v) is 7.47. The molecule has 4 rings (SSSR count). The van der Waals surface area contributed by atoms with Gasteiger partial charge in [-0.25, -0.2) is 0 Å². The molecule has 2 fully saturated rings. The van der Waals surface area contributed by atoms with Gasteiger partial charge in [-0.2, -0.15) is 0 Å². The molecule has 3 aliphatic rings. The zero-order valence-electron chi connectivity index (χ0n) is 11.3. The van der Waals surface area contributed by atoms with Crippen molar-refractivity contribution in [1.29, 1.82) is 0 Å². The molecule has 1 aromatic carbocycles. The number of benzene rings is 1. The first-order valence-corrected chi connectivity index (χ1v) is 9.16. The highest BCUT2D eigenvalue weighted by molar-refractivity contribution is 8.06. The summed E-state index contributed by atoms with van der Waals surface area (Å²) in [4.78, 5) is 15.2. The molecule has 1 aromatic rings. The lowest BCUT2D eigenvalue weighted by atomic mass is 9.79. The average molecular weight is 306 g/mol. The zero-order valence-corrected chi connectivity index (χ0v) is 13.0. The third-order valence-electron chi connectivity index (χ3n) is 4.57. The maximum Gasteiger partial charge on any atom is 0.165 e. The molecular formula is C16H18O2S2. The van der Waals surface area contributed by atoms with E-state index >= 15 is 0 Å². The molecule has 0 amide bonds. The van der Waals surface area contributed by atoms with E-state index in [9.17, 15) is 4.79 Å². The normalized spacial score (nSPS) is 31.7. The highest BCUT2D eigenvalue weighted by Crippen LogP contribution is 2.52. The van der Waals surface area contributed by atoms with E-state index in [1.807, 2.05) is 23.5 Å². The van der Waals surface area contributed by atoms with Gasteiger partial charge in [0.25, 0.3) is 0 Å². The lowest BCUT2D eigenvalue weighted by molar-refractivity contribution is -0.160. The second kappa shape index (κ2) is 5.08. The Morgan fingerprint density at radius 3 is 2.50 bits per heavy atom. The number of thioether (sulfide) groups is 2. The van der Waals surface area contributed by atoms with Crippen molar-refractivity contribution in [2.45, 2.75) is 64.6 Å². The van der Waals surface area contributed by atoms with Crippen LogP contribution in [-0.2, 0) is 9.53 Å². The second-order valence-electron chi connectivity index (χ2n) is 5.89. The number of carbonyl (C=O) groups excluding carboxylic acids is 1. The lowest BCUT2D eigenvalue weighted by Gasteiger charge is -2.46. The van der Waals surface area contributed by atoms with E-state index < -0.39 is 5.60 Å². The summed E-state index contributed by atoms with van der Waals surface area (Å²) in [6.45, 7) is 0. The summed E-state index contributed by atoms with van der Waals surface area (Å²) < 4.78 is 6.38. The van der Waals surface area contributed by atoms with Gasteiger partial charge < -0.3 is 4.74 Å². The van der Waals surface area contributed by atoms with Crippen LogP contribution in [0, 0.1) is 0 Å². The van der Waals surface area contributed by atoms with Crippen LogP contribution < -0.4 is 0 Å². The Hall–Kier alpha value is -0.450. The van der Waals surface area contributed by atoms with Gasteiger partial charge in [0.05, 0.1) is 5.25 Å². The summed E-state index contributed by atoms with van der Waals surface area (Å²) in [5.74, 6) is 0.353. The van der Waals surface area contributed by atoms with E-state index in [4.69, 9.17) is 4.74 Å². The first kappa shape index (κ1) is 13.2. The van der Waals surface area contributed by atoms with Crippen LogP contribution in [-0.4, -0.2) is 22.1 Å². The standard InChI is InChI=1S/C16H18O2S2/c17-14-10-13-15(18-16(14)8-4-1-5-9-16)20-12-7-3-2-6-11(12)19-13/h2-3,6-7,13,15H,1,4-5,8-10H2/t13-,15-/m0/s1. The predicted molar refractivity (Wildman–Crippen MR) is 82.3 cm³/mol. The molecule has 1 spiro atoms. The zero-order chi connectivity index (χ0) is 13.6. The van der Waals surface area contributed by atoms with Gasteiger partial charge in [0.1, 0.15) is 11.0 Å². The molecule has 1 saturated carbocycles. The average Bonchev–Trinajstić information content (AvgIpc) is 2.48. The maximum atomic E-state index is 12.6. The minimum absolute atomic E-state index is 0.144. The first-order valence-electron chi connectivity index (χ1n) is 7.40. The second-order valence-corrected chi connectivity index (χ2v) is 8.31. The Bertz CT molecular complexity index is 537. The van der Waals surface area contributed by atoms with Crippen molar-refractivity contribution in [3.8, 4) is 0 Å². The van der Waals surface area contributed by atoms with Crippen LogP contribution in [0.2, 0.25) is 0 Å². The van der Waals surface area contributed by atoms with Crippen molar-refractivity contribution in [3.63, 3.8) is 0 Å². The molecule has 0 radical (unpaired) electrons. The van der Waals surface area contributed by atoms with E-state index in [1.54, 1.807) is 0 Å². The lowest BCUT2D eigenvalue weighted by Crippen LogP contribution is -2.53. The minimum Gasteiger partial charge on any atom is -0.352 e. The molecule has 2 aliphatic heterocycles. The molecule has 0 unspecified atom stereocenters. The van der Waals surface area contributed by atoms with Crippen LogP contribution >= 0.6 is 23.5 Å². The quantitative estimate of drug-likeness (QED) is 0.715. The van der Waals surface area contributed by atoms with Gasteiger partial charge in [-0.1, -0.05) is 43.2 Å². The first-order chi connectivity index (χ1) is 9.77. The van der Waals surface area contributed by atoms with Crippen molar-refractivity contribution >= 4 is 29.3 Å². The van der Waals surface area contributed by atoms with E-state index in [2.05, 4.69) is 24.3 Å². The Morgan fingerprint density at radius 1 is 1.05 bits per heavy atom. The van der Waals surface area contributed by atoms with Crippen LogP contribution in [0.5, 0.6) is 0 Å². The molecule has 0 bridgehead atoms. The molecule has 106 valence electrons. The Kier molecular flexibility index (Phi) is 3.36. The predicted octanol–water partition coefficient (Wildman–Crippen LogP) is 4.27. The van der Waals surface area contributed by atoms with Crippen molar-refractivity contribution < 1.29 is 9.53 Å². The fourth-order valence-corrected chi connectivity index (χ4v) is 6.24. The van der Waals surface area contributed by atoms with E-state index in [1.165, 1.54) is 16.2 Å². The van der Waals surface area contributed by atoms with Gasteiger partial charge in [0, 0.05) is 16.2 Å². The monoisotopic (exact) mass is 306 g/mol. The van der Waals surface area contributed by atoms with Gasteiger partial charge in [-0.3, -0.25) is 4.79 Å². The minimum atomic E-state index is -0.445. The molecule has 2 atom stereocenters. The Morgan fingerprint density at radius 2 is 1.75 bits per heavy atom. The fraction of sp³-hybridized carbons (Fsp3) is 0.562. The summed E-state index contributed by atoms with van der Waals surface area (Å²) in [6.07, 6.45) is 6.06. The molecule has 2 nitrogen and oxygen atoms in total. The van der Waals surface area contributed by atoms with E-state index in [0.29, 0.717) is 12.2 Å². The number of hydrogen-bond donors (Lipinski definition) is 0. The summed E-state index contributed by atoms with van der Waals surface area (Å²) in [5.41, 5.74) is -0.301. The summed E-state index contributed by atoms with van der Waals surface area (Å²) in [6, 6.07) is 8.47. The van der Waals surface area contributed by atoms with Gasteiger partial charge >= 0.3 is 0 Å². The SMILES string of the molecule is O=C1C[C@@H]2Sc3ccccc3S[C@@H]2OC12CCCCC2. The van der Waals surface area contributed by atoms with Crippen LogP contribution in [0.1, 0.15) is 38.5 Å². The van der Waals surface area contributed by atoms with Crippen LogP contribution in [0.25, 0.3) is 0 Å². The topological polar surface area (TPSA) is 26.3 Å². The molecule has 4 heteroatoms. The Balaban J connectivity index is 1.61. The van der Waals surface area contributed by atoms with E-state index in [0.717, 1.165) is 25.7 Å². The molecule has 1 aliphatic carbocycles. The van der Waals surface area contributed by atoms with Crippen LogP contribution in [0.4, 0.5) is 0 Å². The van der Waals surface area contributed by atoms with Gasteiger partial charge in [-0.05, 0) is 25.0 Å². The van der Waals surface area contributed by atoms with Crippen molar-refractivity contribution in [2.75, 3.05) is 0 Å². The third kappa shape index (κ3) is 2.13. The smallest absolute Gasteiger partial charge is 0.165 e. The molecule has 1 saturated heterocycles. The number of ketones is 1. The van der Waals surface area contributed by atoms with Gasteiger partial charge in [0.2, 0.25) is 0 Å². The number of fused-ring (bicyclic) bond motifs is 2. The molecule has 2 heterocycles. The highest BCUT2D eigenvalue weighted by atomic mass is 32.2.